The van der Waals surface area contributed by atoms with E-state index in [1.807, 2.05) is 13.0 Å². The molecular weight excluding hydrogens is 227 g/mol. The van der Waals surface area contributed by atoms with E-state index in [1.54, 1.807) is 12.1 Å². The zero-order chi connectivity index (χ0) is 8.43. The molecule has 0 aliphatic heterocycles. The molecule has 1 aromatic carbocycles. The fourth-order valence-electron chi connectivity index (χ4n) is 0.715. The molecule has 0 heterocycles. The zero-order valence-electron chi connectivity index (χ0n) is 5.90. The van der Waals surface area contributed by atoms with E-state index in [0.717, 1.165) is 5.56 Å². The number of carbonyl (C=O) groups is 1. The first-order valence-electron chi connectivity index (χ1n) is 3.07. The van der Waals surface area contributed by atoms with Crippen molar-refractivity contribution < 1.29 is 4.79 Å². The highest BCUT2D eigenvalue weighted by Crippen LogP contribution is 2.17. The lowest BCUT2D eigenvalue weighted by Gasteiger charge is -1.97. The van der Waals surface area contributed by atoms with Crippen molar-refractivity contribution in [3.8, 4) is 0 Å². The van der Waals surface area contributed by atoms with Crippen molar-refractivity contribution in [2.75, 3.05) is 0 Å². The number of hydrogen-bond acceptors (Lipinski definition) is 1. The van der Waals surface area contributed by atoms with Crippen LogP contribution in [0.2, 0.25) is 5.02 Å². The maximum absolute atomic E-state index is 10.8. The molecule has 58 valence electrons. The molecule has 0 saturated carbocycles. The second-order valence-corrected chi connectivity index (χ2v) is 3.37. The Labute approximate surface area is 78.5 Å². The Balaban J connectivity index is 3.15. The fraction of sp³-hybridized carbons (Fsp3) is 0.125. The second-order valence-electron chi connectivity index (χ2n) is 2.24. The smallest absolute Gasteiger partial charge is 0.228 e. The van der Waals surface area contributed by atoms with Gasteiger partial charge in [0.1, 0.15) is 0 Å². The van der Waals surface area contributed by atoms with Gasteiger partial charge in [-0.25, -0.2) is 0 Å². The van der Waals surface area contributed by atoms with Crippen LogP contribution in [0.15, 0.2) is 18.2 Å². The molecule has 0 fully saturated rings. The van der Waals surface area contributed by atoms with E-state index in [9.17, 15) is 4.79 Å². The Hall–Kier alpha value is -0.340. The summed E-state index contributed by atoms with van der Waals surface area (Å²) in [5.41, 5.74) is 1.56. The van der Waals surface area contributed by atoms with Gasteiger partial charge in [0.05, 0.1) is 0 Å². The van der Waals surface area contributed by atoms with Crippen LogP contribution in [-0.4, -0.2) is 4.69 Å². The summed E-state index contributed by atoms with van der Waals surface area (Å²) in [7, 11) is 0. The molecule has 0 N–H and O–H groups in total. The quantitative estimate of drug-likeness (QED) is 0.681. The van der Waals surface area contributed by atoms with E-state index in [4.69, 9.17) is 11.6 Å². The standard InChI is InChI=1S/C8H6BrClO/c1-5-2-3-6(8(9)11)4-7(5)10/h2-4H,1H3. The van der Waals surface area contributed by atoms with E-state index in [-0.39, 0.29) is 4.69 Å². The number of hydrogen-bond donors (Lipinski definition) is 0. The summed E-state index contributed by atoms with van der Waals surface area (Å²) in [4.78, 5) is 10.8. The maximum atomic E-state index is 10.8. The summed E-state index contributed by atoms with van der Waals surface area (Å²) in [5.74, 6) is 0. The van der Waals surface area contributed by atoms with Gasteiger partial charge in [0.2, 0.25) is 4.69 Å². The van der Waals surface area contributed by atoms with Gasteiger partial charge in [-0.2, -0.15) is 0 Å². The Morgan fingerprint density at radius 2 is 2.18 bits per heavy atom. The van der Waals surface area contributed by atoms with Crippen LogP contribution in [0.4, 0.5) is 0 Å². The number of carbonyl (C=O) groups excluding carboxylic acids is 1. The molecule has 1 rings (SSSR count). The van der Waals surface area contributed by atoms with Crippen LogP contribution in [0.3, 0.4) is 0 Å². The van der Waals surface area contributed by atoms with Crippen LogP contribution < -0.4 is 0 Å². The Bertz CT molecular complexity index is 296. The van der Waals surface area contributed by atoms with E-state index in [0.29, 0.717) is 10.6 Å². The molecular formula is C8H6BrClO. The number of aryl methyl sites for hydroxylation is 1. The van der Waals surface area contributed by atoms with Crippen molar-refractivity contribution in [2.24, 2.45) is 0 Å². The van der Waals surface area contributed by atoms with Gasteiger partial charge in [-0.05, 0) is 34.5 Å². The minimum absolute atomic E-state index is 0.139. The average Bonchev–Trinajstić information content (AvgIpc) is 1.94. The monoisotopic (exact) mass is 232 g/mol. The van der Waals surface area contributed by atoms with Crippen molar-refractivity contribution in [2.45, 2.75) is 6.92 Å². The minimum atomic E-state index is -0.139. The van der Waals surface area contributed by atoms with Crippen LogP contribution in [-0.2, 0) is 0 Å². The summed E-state index contributed by atoms with van der Waals surface area (Å²) in [6.45, 7) is 1.89. The van der Waals surface area contributed by atoms with Crippen LogP contribution >= 0.6 is 27.5 Å². The van der Waals surface area contributed by atoms with Crippen LogP contribution in [0, 0.1) is 6.92 Å². The third-order valence-corrected chi connectivity index (χ3v) is 2.26. The topological polar surface area (TPSA) is 17.1 Å². The van der Waals surface area contributed by atoms with Crippen molar-refractivity contribution in [3.05, 3.63) is 34.3 Å². The van der Waals surface area contributed by atoms with E-state index < -0.39 is 0 Å². The molecule has 11 heavy (non-hydrogen) atoms. The van der Waals surface area contributed by atoms with Gasteiger partial charge in [-0.1, -0.05) is 23.7 Å². The molecule has 0 atom stereocenters. The molecule has 0 amide bonds. The summed E-state index contributed by atoms with van der Waals surface area (Å²) in [6.07, 6.45) is 0. The van der Waals surface area contributed by atoms with Crippen molar-refractivity contribution in [1.29, 1.82) is 0 Å². The summed E-state index contributed by atoms with van der Waals surface area (Å²) < 4.78 is -0.139. The van der Waals surface area contributed by atoms with Gasteiger partial charge in [-0.3, -0.25) is 4.79 Å². The van der Waals surface area contributed by atoms with E-state index >= 15 is 0 Å². The SMILES string of the molecule is Cc1ccc(C(=O)Br)cc1Cl. The summed E-state index contributed by atoms with van der Waals surface area (Å²) in [5, 5.41) is 0.621. The molecule has 0 aromatic heterocycles. The lowest BCUT2D eigenvalue weighted by molar-refractivity contribution is 0.109. The lowest BCUT2D eigenvalue weighted by atomic mass is 10.2. The van der Waals surface area contributed by atoms with E-state index in [2.05, 4.69) is 15.9 Å². The molecule has 0 bridgehead atoms. The van der Waals surface area contributed by atoms with Crippen LogP contribution in [0.1, 0.15) is 15.9 Å². The van der Waals surface area contributed by atoms with Crippen molar-refractivity contribution in [1.82, 2.24) is 0 Å². The molecule has 1 aromatic rings. The highest BCUT2D eigenvalue weighted by Gasteiger charge is 2.02. The molecule has 0 saturated heterocycles. The number of halogens is 2. The minimum Gasteiger partial charge on any atom is -0.281 e. The van der Waals surface area contributed by atoms with Crippen LogP contribution in [0.5, 0.6) is 0 Å². The predicted octanol–water partition coefficient (Wildman–Crippen LogP) is 3.18. The molecule has 3 heteroatoms. The third kappa shape index (κ3) is 2.04. The van der Waals surface area contributed by atoms with E-state index in [1.165, 1.54) is 0 Å². The van der Waals surface area contributed by atoms with Crippen molar-refractivity contribution >= 4 is 32.2 Å². The average molecular weight is 233 g/mol. The van der Waals surface area contributed by atoms with Crippen LogP contribution in [0.25, 0.3) is 0 Å². The highest BCUT2D eigenvalue weighted by molar-refractivity contribution is 9.18. The molecule has 0 aliphatic rings. The normalized spacial score (nSPS) is 9.73. The Morgan fingerprint density at radius 3 is 2.64 bits per heavy atom. The van der Waals surface area contributed by atoms with Gasteiger partial charge in [0, 0.05) is 10.6 Å². The second kappa shape index (κ2) is 3.37. The van der Waals surface area contributed by atoms with Crippen molar-refractivity contribution in [3.63, 3.8) is 0 Å². The molecule has 1 nitrogen and oxygen atoms in total. The number of benzene rings is 1. The summed E-state index contributed by atoms with van der Waals surface area (Å²) in [6, 6.07) is 5.20. The largest absolute Gasteiger partial charge is 0.281 e. The molecule has 0 aliphatic carbocycles. The molecule has 0 unspecified atom stereocenters. The zero-order valence-corrected chi connectivity index (χ0v) is 8.24. The van der Waals surface area contributed by atoms with Gasteiger partial charge in [-0.15, -0.1) is 0 Å². The maximum Gasteiger partial charge on any atom is 0.228 e. The highest BCUT2D eigenvalue weighted by atomic mass is 79.9. The Morgan fingerprint density at radius 1 is 1.55 bits per heavy atom. The van der Waals surface area contributed by atoms with Gasteiger partial charge in [0.25, 0.3) is 0 Å². The first-order chi connectivity index (χ1) is 5.11. The third-order valence-electron chi connectivity index (χ3n) is 1.40. The first kappa shape index (κ1) is 8.75. The Kier molecular flexibility index (Phi) is 2.68. The number of rotatable bonds is 1. The first-order valence-corrected chi connectivity index (χ1v) is 4.24. The fourth-order valence-corrected chi connectivity index (χ4v) is 1.14. The molecule has 0 spiro atoms. The van der Waals surface area contributed by atoms with Gasteiger partial charge < -0.3 is 0 Å². The van der Waals surface area contributed by atoms with Gasteiger partial charge in [0.15, 0.2) is 0 Å². The summed E-state index contributed by atoms with van der Waals surface area (Å²) >= 11 is 8.63. The van der Waals surface area contributed by atoms with Gasteiger partial charge >= 0.3 is 0 Å². The molecule has 0 radical (unpaired) electrons. The lowest BCUT2D eigenvalue weighted by Crippen LogP contribution is -1.87. The predicted molar refractivity (Wildman–Crippen MR) is 49.4 cm³/mol.